The summed E-state index contributed by atoms with van der Waals surface area (Å²) in [6, 6.07) is 6.29. The van der Waals surface area contributed by atoms with Gasteiger partial charge in [0.1, 0.15) is 11.9 Å². The van der Waals surface area contributed by atoms with Gasteiger partial charge in [-0.25, -0.2) is 5.48 Å². The molecule has 1 rings (SSSR count). The third-order valence-corrected chi connectivity index (χ3v) is 2.96. The topological polar surface area (TPSA) is 99.0 Å². The number of hydrogen-bond acceptors (Lipinski definition) is 5. The molecule has 6 heteroatoms. The molecule has 0 aliphatic rings. The number of carbonyl (C=O) groups is 1. The van der Waals surface area contributed by atoms with Crippen LogP contribution in [-0.4, -0.2) is 34.0 Å². The largest absolute Gasteiger partial charge is 0.508 e. The standard InChI is InChI=1S/C15H21NO5/c1-2-21-13(5-3-4-6-14(18)16-20)15(19)11-7-9-12(17)10-8-11/h4,6-10,13,15,17,19-20H,2-3,5H2,1H3,(H,16,18)/b6-4+/t13-,15-/m0/s1. The smallest absolute Gasteiger partial charge is 0.267 e. The molecule has 0 heterocycles. The predicted octanol–water partition coefficient (Wildman–Crippen LogP) is 1.67. The first-order valence-electron chi connectivity index (χ1n) is 6.77. The molecule has 0 saturated carbocycles. The number of phenolic OH excluding ortho intramolecular Hbond substituents is 1. The van der Waals surface area contributed by atoms with Crippen molar-refractivity contribution in [1.29, 1.82) is 0 Å². The van der Waals surface area contributed by atoms with Crippen LogP contribution in [0.15, 0.2) is 36.4 Å². The number of benzene rings is 1. The zero-order valence-electron chi connectivity index (χ0n) is 11.9. The Kier molecular flexibility index (Phi) is 7.45. The first-order chi connectivity index (χ1) is 10.1. The quantitative estimate of drug-likeness (QED) is 0.332. The second-order valence-electron chi connectivity index (χ2n) is 4.49. The molecule has 1 amide bonds. The molecule has 0 spiro atoms. The van der Waals surface area contributed by atoms with Crippen molar-refractivity contribution < 1.29 is 25.0 Å². The molecule has 6 nitrogen and oxygen atoms in total. The first kappa shape index (κ1) is 17.2. The van der Waals surface area contributed by atoms with Crippen molar-refractivity contribution in [3.05, 3.63) is 42.0 Å². The molecule has 116 valence electrons. The van der Waals surface area contributed by atoms with Crippen molar-refractivity contribution in [2.24, 2.45) is 0 Å². The number of carbonyl (C=O) groups excluding carboxylic acids is 1. The minimum absolute atomic E-state index is 0.136. The Hall–Kier alpha value is -1.89. The van der Waals surface area contributed by atoms with Crippen molar-refractivity contribution in [1.82, 2.24) is 5.48 Å². The Morgan fingerprint density at radius 2 is 2.05 bits per heavy atom. The molecule has 0 saturated heterocycles. The van der Waals surface area contributed by atoms with Crippen molar-refractivity contribution >= 4 is 5.91 Å². The number of amides is 1. The normalized spacial score (nSPS) is 14.0. The van der Waals surface area contributed by atoms with Crippen LogP contribution in [0.2, 0.25) is 0 Å². The fourth-order valence-electron chi connectivity index (χ4n) is 1.92. The molecule has 0 aromatic heterocycles. The summed E-state index contributed by atoms with van der Waals surface area (Å²) in [5, 5.41) is 27.9. The summed E-state index contributed by atoms with van der Waals surface area (Å²) in [5.74, 6) is -0.459. The van der Waals surface area contributed by atoms with E-state index in [-0.39, 0.29) is 5.75 Å². The molecule has 21 heavy (non-hydrogen) atoms. The van der Waals surface area contributed by atoms with Crippen LogP contribution in [0.4, 0.5) is 0 Å². The fourth-order valence-corrected chi connectivity index (χ4v) is 1.92. The number of aliphatic hydroxyl groups excluding tert-OH is 1. The molecule has 2 atom stereocenters. The number of ether oxygens (including phenoxy) is 1. The van der Waals surface area contributed by atoms with E-state index in [1.54, 1.807) is 18.2 Å². The summed E-state index contributed by atoms with van der Waals surface area (Å²) in [6.07, 6.45) is 2.63. The Bertz CT molecular complexity index is 458. The van der Waals surface area contributed by atoms with Crippen molar-refractivity contribution in [3.63, 3.8) is 0 Å². The van der Waals surface area contributed by atoms with Crippen LogP contribution in [0, 0.1) is 0 Å². The monoisotopic (exact) mass is 295 g/mol. The lowest BCUT2D eigenvalue weighted by Crippen LogP contribution is -2.22. The van der Waals surface area contributed by atoms with Gasteiger partial charge in [-0.2, -0.15) is 0 Å². The van der Waals surface area contributed by atoms with E-state index in [1.807, 2.05) is 6.92 Å². The first-order valence-corrected chi connectivity index (χ1v) is 6.77. The number of hydroxylamine groups is 1. The average Bonchev–Trinajstić information content (AvgIpc) is 2.50. The second kappa shape index (κ2) is 9.12. The Morgan fingerprint density at radius 1 is 1.38 bits per heavy atom. The van der Waals surface area contributed by atoms with Gasteiger partial charge in [0.15, 0.2) is 0 Å². The van der Waals surface area contributed by atoms with Crippen LogP contribution in [0.25, 0.3) is 0 Å². The van der Waals surface area contributed by atoms with E-state index < -0.39 is 18.1 Å². The molecule has 0 fully saturated rings. The lowest BCUT2D eigenvalue weighted by molar-refractivity contribution is -0.124. The van der Waals surface area contributed by atoms with E-state index >= 15 is 0 Å². The van der Waals surface area contributed by atoms with E-state index in [1.165, 1.54) is 23.7 Å². The van der Waals surface area contributed by atoms with Gasteiger partial charge in [-0.1, -0.05) is 18.2 Å². The lowest BCUT2D eigenvalue weighted by atomic mass is 10.0. The molecule has 0 unspecified atom stereocenters. The third kappa shape index (κ3) is 5.95. The summed E-state index contributed by atoms with van der Waals surface area (Å²) in [5.41, 5.74) is 2.16. The van der Waals surface area contributed by atoms with Gasteiger partial charge >= 0.3 is 0 Å². The van der Waals surface area contributed by atoms with Crippen molar-refractivity contribution in [3.8, 4) is 5.75 Å². The van der Waals surface area contributed by atoms with E-state index in [2.05, 4.69) is 0 Å². The molecule has 0 aliphatic carbocycles. The van der Waals surface area contributed by atoms with E-state index in [0.29, 0.717) is 25.0 Å². The van der Waals surface area contributed by atoms with Gasteiger partial charge in [0, 0.05) is 12.7 Å². The van der Waals surface area contributed by atoms with Gasteiger partial charge in [-0.05, 0) is 37.5 Å². The fraction of sp³-hybridized carbons (Fsp3) is 0.400. The predicted molar refractivity (Wildman–Crippen MR) is 76.8 cm³/mol. The van der Waals surface area contributed by atoms with Crippen LogP contribution in [0.1, 0.15) is 31.4 Å². The van der Waals surface area contributed by atoms with E-state index in [0.717, 1.165) is 0 Å². The molecule has 0 radical (unpaired) electrons. The molecular formula is C15H21NO5. The molecular weight excluding hydrogens is 274 g/mol. The highest BCUT2D eigenvalue weighted by Gasteiger charge is 2.20. The highest BCUT2D eigenvalue weighted by molar-refractivity contribution is 5.86. The molecule has 1 aromatic carbocycles. The zero-order chi connectivity index (χ0) is 15.7. The number of hydrogen-bond donors (Lipinski definition) is 4. The van der Waals surface area contributed by atoms with E-state index in [4.69, 9.17) is 9.94 Å². The number of allylic oxidation sites excluding steroid dienone is 1. The Labute approximate surface area is 123 Å². The summed E-state index contributed by atoms with van der Waals surface area (Å²) < 4.78 is 5.53. The maximum atomic E-state index is 10.8. The van der Waals surface area contributed by atoms with Gasteiger partial charge in [0.05, 0.1) is 6.10 Å². The van der Waals surface area contributed by atoms with Crippen molar-refractivity contribution in [2.75, 3.05) is 6.61 Å². The SMILES string of the molecule is CCO[C@@H](CC/C=C/C(=O)NO)[C@@H](O)c1ccc(O)cc1. The summed E-state index contributed by atoms with van der Waals surface area (Å²) >= 11 is 0. The van der Waals surface area contributed by atoms with Gasteiger partial charge in [-0.15, -0.1) is 0 Å². The highest BCUT2D eigenvalue weighted by atomic mass is 16.5. The van der Waals surface area contributed by atoms with Gasteiger partial charge in [0.2, 0.25) is 0 Å². The number of nitrogens with one attached hydrogen (secondary N) is 1. The van der Waals surface area contributed by atoms with Crippen LogP contribution in [-0.2, 0) is 9.53 Å². The third-order valence-electron chi connectivity index (χ3n) is 2.96. The summed E-state index contributed by atoms with van der Waals surface area (Å²) in [6.45, 7) is 2.30. The Balaban J connectivity index is 2.61. The van der Waals surface area contributed by atoms with Crippen LogP contribution in [0.3, 0.4) is 0 Å². The zero-order valence-corrected chi connectivity index (χ0v) is 11.9. The minimum Gasteiger partial charge on any atom is -0.508 e. The second-order valence-corrected chi connectivity index (χ2v) is 4.49. The Morgan fingerprint density at radius 3 is 2.62 bits per heavy atom. The number of aliphatic hydroxyl groups is 1. The van der Waals surface area contributed by atoms with Gasteiger partial charge in [-0.3, -0.25) is 10.0 Å². The highest BCUT2D eigenvalue weighted by Crippen LogP contribution is 2.24. The van der Waals surface area contributed by atoms with Crippen LogP contribution in [0.5, 0.6) is 5.75 Å². The molecule has 4 N–H and O–H groups in total. The number of rotatable bonds is 8. The van der Waals surface area contributed by atoms with Crippen LogP contribution >= 0.6 is 0 Å². The molecule has 1 aromatic rings. The van der Waals surface area contributed by atoms with Crippen LogP contribution < -0.4 is 5.48 Å². The maximum Gasteiger partial charge on any atom is 0.267 e. The minimum atomic E-state index is -0.814. The maximum absolute atomic E-state index is 10.8. The molecule has 0 bridgehead atoms. The number of aromatic hydroxyl groups is 1. The average molecular weight is 295 g/mol. The van der Waals surface area contributed by atoms with E-state index in [9.17, 15) is 15.0 Å². The summed E-state index contributed by atoms with van der Waals surface area (Å²) in [4.78, 5) is 10.8. The lowest BCUT2D eigenvalue weighted by Gasteiger charge is -2.22. The number of phenols is 1. The van der Waals surface area contributed by atoms with Gasteiger partial charge in [0.25, 0.3) is 5.91 Å². The van der Waals surface area contributed by atoms with Gasteiger partial charge < -0.3 is 14.9 Å². The molecule has 0 aliphatic heterocycles. The summed E-state index contributed by atoms with van der Waals surface area (Å²) in [7, 11) is 0. The van der Waals surface area contributed by atoms with Crippen molar-refractivity contribution in [2.45, 2.75) is 32.0 Å².